The number of carboxylic acid groups (broad SMARTS) is 1. The highest BCUT2D eigenvalue weighted by atomic mass is 16.5. The number of benzene rings is 2. The molecule has 31 heavy (non-hydrogen) atoms. The summed E-state index contributed by atoms with van der Waals surface area (Å²) in [5.41, 5.74) is 1.87. The molecule has 2 N–H and O–H groups in total. The summed E-state index contributed by atoms with van der Waals surface area (Å²) in [6.45, 7) is 1.59. The van der Waals surface area contributed by atoms with Crippen molar-refractivity contribution in [1.29, 1.82) is 0 Å². The number of hydrogen-bond donors (Lipinski definition) is 2. The summed E-state index contributed by atoms with van der Waals surface area (Å²) >= 11 is 0. The molecule has 1 unspecified atom stereocenters. The van der Waals surface area contributed by atoms with Crippen LogP contribution in [0, 0.1) is 0 Å². The fraction of sp³-hybridized carbons (Fsp3) is 0.208. The molecule has 0 aliphatic carbocycles. The van der Waals surface area contributed by atoms with Crippen molar-refractivity contribution in [3.63, 3.8) is 0 Å². The third-order valence-electron chi connectivity index (χ3n) is 4.88. The van der Waals surface area contributed by atoms with Gasteiger partial charge in [0.25, 0.3) is 5.56 Å². The third-order valence-corrected chi connectivity index (χ3v) is 4.88. The van der Waals surface area contributed by atoms with Gasteiger partial charge in [-0.3, -0.25) is 14.7 Å². The minimum absolute atomic E-state index is 0.0328. The predicted octanol–water partition coefficient (Wildman–Crippen LogP) is 3.88. The van der Waals surface area contributed by atoms with Gasteiger partial charge in [0, 0.05) is 18.5 Å². The lowest BCUT2D eigenvalue weighted by atomic mass is 10.1. The Morgan fingerprint density at radius 2 is 1.58 bits per heavy atom. The van der Waals surface area contributed by atoms with Crippen LogP contribution >= 0.6 is 0 Å². The van der Waals surface area contributed by atoms with Crippen LogP contribution in [0.25, 0.3) is 0 Å². The first kappa shape index (κ1) is 21.8. The molecule has 1 heterocycles. The number of ether oxygens (including phenoxy) is 1. The quantitative estimate of drug-likeness (QED) is 0.576. The van der Waals surface area contributed by atoms with E-state index >= 15 is 0 Å². The van der Waals surface area contributed by atoms with Gasteiger partial charge >= 0.3 is 12.1 Å². The van der Waals surface area contributed by atoms with Gasteiger partial charge in [0.2, 0.25) is 0 Å². The van der Waals surface area contributed by atoms with Crippen LogP contribution in [0.1, 0.15) is 29.8 Å². The van der Waals surface area contributed by atoms with E-state index in [1.165, 1.54) is 17.6 Å². The number of hydrogen-bond acceptors (Lipinski definition) is 4. The number of aromatic nitrogens is 1. The minimum atomic E-state index is -1.14. The maximum atomic E-state index is 13.0. The van der Waals surface area contributed by atoms with Gasteiger partial charge in [-0.2, -0.15) is 0 Å². The molecule has 0 saturated heterocycles. The average Bonchev–Trinajstić information content (AvgIpc) is 2.77. The number of carbonyl (C=O) groups is 2. The summed E-state index contributed by atoms with van der Waals surface area (Å²) in [5, 5.41) is 11.9. The van der Waals surface area contributed by atoms with Crippen molar-refractivity contribution in [2.24, 2.45) is 0 Å². The maximum absolute atomic E-state index is 13.0. The fourth-order valence-electron chi connectivity index (χ4n) is 3.22. The number of amides is 1. The van der Waals surface area contributed by atoms with Gasteiger partial charge in [-0.05, 0) is 30.2 Å². The molecule has 0 fully saturated rings. The summed E-state index contributed by atoms with van der Waals surface area (Å²) < 4.78 is 6.35. The van der Waals surface area contributed by atoms with E-state index in [2.05, 4.69) is 5.32 Å². The monoisotopic (exact) mass is 420 g/mol. The largest absolute Gasteiger partial charge is 0.480 e. The third kappa shape index (κ3) is 5.82. The van der Waals surface area contributed by atoms with E-state index in [4.69, 9.17) is 4.74 Å². The van der Waals surface area contributed by atoms with Crippen LogP contribution in [0.4, 0.5) is 10.5 Å². The van der Waals surface area contributed by atoms with Crippen LogP contribution in [0.3, 0.4) is 0 Å². The molecule has 1 atom stereocenters. The second kappa shape index (κ2) is 10.2. The SMILES string of the molecule is CC(C(=O)O)n1c(Cc2ccccc2)ccc(NC(=O)OCCc2ccccc2)c1=O. The number of nitrogens with zero attached hydrogens (tertiary/aromatic N) is 1. The Labute approximate surface area is 179 Å². The van der Waals surface area contributed by atoms with Crippen molar-refractivity contribution in [2.75, 3.05) is 11.9 Å². The Morgan fingerprint density at radius 1 is 0.968 bits per heavy atom. The molecule has 0 radical (unpaired) electrons. The van der Waals surface area contributed by atoms with Crippen molar-refractivity contribution in [3.05, 3.63) is 100.0 Å². The molecular weight excluding hydrogens is 396 g/mol. The van der Waals surface area contributed by atoms with E-state index in [9.17, 15) is 19.5 Å². The van der Waals surface area contributed by atoms with E-state index in [0.717, 1.165) is 11.1 Å². The van der Waals surface area contributed by atoms with Gasteiger partial charge in [0.05, 0.1) is 6.61 Å². The van der Waals surface area contributed by atoms with Crippen molar-refractivity contribution >= 4 is 17.7 Å². The molecule has 0 aliphatic heterocycles. The molecule has 1 amide bonds. The van der Waals surface area contributed by atoms with Crippen LogP contribution < -0.4 is 10.9 Å². The summed E-state index contributed by atoms with van der Waals surface area (Å²) in [7, 11) is 0. The molecule has 3 aromatic rings. The molecule has 2 aromatic carbocycles. The van der Waals surface area contributed by atoms with Gasteiger partial charge in [-0.15, -0.1) is 0 Å². The Kier molecular flexibility index (Phi) is 7.22. The Balaban J connectivity index is 1.76. The molecule has 160 valence electrons. The number of carboxylic acids is 1. The second-order valence-corrected chi connectivity index (χ2v) is 7.09. The van der Waals surface area contributed by atoms with Crippen LogP contribution in [-0.2, 0) is 22.4 Å². The maximum Gasteiger partial charge on any atom is 0.411 e. The molecule has 0 spiro atoms. The van der Waals surface area contributed by atoms with E-state index in [1.807, 2.05) is 60.7 Å². The smallest absolute Gasteiger partial charge is 0.411 e. The number of pyridine rings is 1. The standard InChI is InChI=1S/C24H24N2O5/c1-17(23(28)29)26-20(16-19-10-6-3-7-11-19)12-13-21(22(26)27)25-24(30)31-15-14-18-8-4-2-5-9-18/h2-13,17H,14-16H2,1H3,(H,25,30)(H,28,29). The first-order valence-corrected chi connectivity index (χ1v) is 9.94. The lowest BCUT2D eigenvalue weighted by Crippen LogP contribution is -2.33. The van der Waals surface area contributed by atoms with Gasteiger partial charge < -0.3 is 9.84 Å². The van der Waals surface area contributed by atoms with Crippen LogP contribution in [0.15, 0.2) is 77.6 Å². The molecule has 0 bridgehead atoms. The van der Waals surface area contributed by atoms with Crippen molar-refractivity contribution < 1.29 is 19.4 Å². The normalized spacial score (nSPS) is 11.5. The van der Waals surface area contributed by atoms with Gasteiger partial charge in [-0.25, -0.2) is 9.59 Å². The lowest BCUT2D eigenvalue weighted by Gasteiger charge is -2.18. The molecule has 3 rings (SSSR count). The molecule has 1 aromatic heterocycles. The molecule has 7 heteroatoms. The highest BCUT2D eigenvalue weighted by molar-refractivity contribution is 5.84. The number of anilines is 1. The van der Waals surface area contributed by atoms with Gasteiger partial charge in [0.1, 0.15) is 11.7 Å². The number of carbonyl (C=O) groups excluding carboxylic acids is 1. The van der Waals surface area contributed by atoms with E-state index in [-0.39, 0.29) is 12.3 Å². The minimum Gasteiger partial charge on any atom is -0.480 e. The van der Waals surface area contributed by atoms with Gasteiger partial charge in [0.15, 0.2) is 0 Å². The van der Waals surface area contributed by atoms with E-state index in [0.29, 0.717) is 18.5 Å². The highest BCUT2D eigenvalue weighted by Crippen LogP contribution is 2.15. The van der Waals surface area contributed by atoms with Crippen LogP contribution in [0.2, 0.25) is 0 Å². The van der Waals surface area contributed by atoms with Crippen molar-refractivity contribution in [2.45, 2.75) is 25.8 Å². The second-order valence-electron chi connectivity index (χ2n) is 7.09. The first-order valence-electron chi connectivity index (χ1n) is 9.94. The lowest BCUT2D eigenvalue weighted by molar-refractivity contribution is -0.140. The van der Waals surface area contributed by atoms with Crippen molar-refractivity contribution in [3.8, 4) is 0 Å². The van der Waals surface area contributed by atoms with Gasteiger partial charge in [-0.1, -0.05) is 60.7 Å². The molecule has 0 saturated carbocycles. The first-order chi connectivity index (χ1) is 15.0. The van der Waals surface area contributed by atoms with Crippen molar-refractivity contribution in [1.82, 2.24) is 4.57 Å². The van der Waals surface area contributed by atoms with E-state index < -0.39 is 23.7 Å². The topological polar surface area (TPSA) is 97.6 Å². The predicted molar refractivity (Wildman–Crippen MR) is 117 cm³/mol. The van der Waals surface area contributed by atoms with Crippen LogP contribution in [-0.4, -0.2) is 28.3 Å². The highest BCUT2D eigenvalue weighted by Gasteiger charge is 2.21. The Hall–Kier alpha value is -3.87. The molecule has 7 nitrogen and oxygen atoms in total. The number of nitrogens with one attached hydrogen (secondary N) is 1. The zero-order chi connectivity index (χ0) is 22.2. The average molecular weight is 420 g/mol. The summed E-state index contributed by atoms with van der Waals surface area (Å²) in [6, 6.07) is 21.0. The summed E-state index contributed by atoms with van der Waals surface area (Å²) in [5.74, 6) is -1.14. The van der Waals surface area contributed by atoms with Crippen LogP contribution in [0.5, 0.6) is 0 Å². The summed E-state index contributed by atoms with van der Waals surface area (Å²) in [6.07, 6.45) is 0.165. The Bertz CT molecular complexity index is 1090. The Morgan fingerprint density at radius 3 is 2.19 bits per heavy atom. The molecule has 0 aliphatic rings. The fourth-order valence-corrected chi connectivity index (χ4v) is 3.22. The van der Waals surface area contributed by atoms with E-state index in [1.54, 1.807) is 6.07 Å². The molecular formula is C24H24N2O5. The summed E-state index contributed by atoms with van der Waals surface area (Å²) in [4.78, 5) is 36.7. The zero-order valence-electron chi connectivity index (χ0n) is 17.2. The number of rotatable bonds is 8. The number of aliphatic carboxylic acids is 1. The zero-order valence-corrected chi connectivity index (χ0v) is 17.2.